The summed E-state index contributed by atoms with van der Waals surface area (Å²) in [5, 5.41) is 29.0. The van der Waals surface area contributed by atoms with Crippen molar-refractivity contribution in [1.82, 2.24) is 0 Å². The van der Waals surface area contributed by atoms with Gasteiger partial charge < -0.3 is 20.1 Å². The first-order chi connectivity index (χ1) is 8.89. The van der Waals surface area contributed by atoms with Crippen molar-refractivity contribution in [3.63, 3.8) is 0 Å². The molecule has 4 unspecified atom stereocenters. The molecule has 1 saturated carbocycles. The summed E-state index contributed by atoms with van der Waals surface area (Å²) in [6, 6.07) is 0. The summed E-state index contributed by atoms with van der Waals surface area (Å²) in [6.45, 7) is 3.82. The maximum atomic E-state index is 11.1. The third-order valence-corrected chi connectivity index (χ3v) is 4.50. The topological polar surface area (TPSA) is 87.0 Å². The minimum absolute atomic E-state index is 0.0103. The van der Waals surface area contributed by atoms with Crippen LogP contribution < -0.4 is 0 Å². The lowest BCUT2D eigenvalue weighted by Crippen LogP contribution is -2.58. The fourth-order valence-electron chi connectivity index (χ4n) is 3.35. The van der Waals surface area contributed by atoms with Crippen LogP contribution in [0.15, 0.2) is 11.6 Å². The Hall–Kier alpha value is -0.910. The van der Waals surface area contributed by atoms with Gasteiger partial charge in [-0.05, 0) is 24.7 Å². The number of aliphatic hydroxyl groups is 2. The second-order valence-electron chi connectivity index (χ2n) is 6.01. The Balaban J connectivity index is 2.34. The molecule has 1 fully saturated rings. The maximum Gasteiger partial charge on any atom is 0.333 e. The summed E-state index contributed by atoms with van der Waals surface area (Å²) in [5.41, 5.74) is -1.01. The first kappa shape index (κ1) is 14.5. The van der Waals surface area contributed by atoms with Crippen LogP contribution in [-0.4, -0.2) is 46.2 Å². The number of aliphatic hydroxyl groups excluding tert-OH is 1. The number of ether oxygens (including phenoxy) is 1. The lowest BCUT2D eigenvalue weighted by atomic mass is 9.65. The number of carboxylic acids is 1. The molecule has 3 N–H and O–H groups in total. The van der Waals surface area contributed by atoms with Gasteiger partial charge in [0, 0.05) is 5.92 Å². The second-order valence-corrected chi connectivity index (χ2v) is 6.01. The molecular weight excluding hydrogens is 248 g/mol. The highest BCUT2D eigenvalue weighted by atomic mass is 16.5. The Bertz CT molecular complexity index is 389. The smallest absolute Gasteiger partial charge is 0.333 e. The van der Waals surface area contributed by atoms with E-state index in [4.69, 9.17) is 9.84 Å². The molecule has 1 aliphatic carbocycles. The normalized spacial score (nSPS) is 38.8. The van der Waals surface area contributed by atoms with Crippen molar-refractivity contribution in [2.45, 2.75) is 38.4 Å². The van der Waals surface area contributed by atoms with Gasteiger partial charge in [0.1, 0.15) is 5.60 Å². The van der Waals surface area contributed by atoms with Crippen molar-refractivity contribution in [2.24, 2.45) is 17.8 Å². The molecule has 19 heavy (non-hydrogen) atoms. The first-order valence-corrected chi connectivity index (χ1v) is 6.78. The SMILES string of the molecule is CC(C)C1CCC(O)(CO)C2OCC(C(=O)O)=CC12. The number of fused-ring (bicyclic) bond motifs is 1. The minimum Gasteiger partial charge on any atom is -0.478 e. The molecule has 0 saturated heterocycles. The van der Waals surface area contributed by atoms with Gasteiger partial charge in [0.15, 0.2) is 0 Å². The molecule has 0 spiro atoms. The fraction of sp³-hybridized carbons (Fsp3) is 0.786. The van der Waals surface area contributed by atoms with E-state index in [1.165, 1.54) is 0 Å². The molecule has 4 atom stereocenters. The van der Waals surface area contributed by atoms with E-state index < -0.39 is 17.7 Å². The van der Waals surface area contributed by atoms with E-state index in [2.05, 4.69) is 13.8 Å². The van der Waals surface area contributed by atoms with Crippen molar-refractivity contribution >= 4 is 5.97 Å². The molecule has 0 aromatic rings. The largest absolute Gasteiger partial charge is 0.478 e. The summed E-state index contributed by atoms with van der Waals surface area (Å²) >= 11 is 0. The van der Waals surface area contributed by atoms with Crippen molar-refractivity contribution in [1.29, 1.82) is 0 Å². The fourth-order valence-corrected chi connectivity index (χ4v) is 3.35. The molecule has 0 bridgehead atoms. The first-order valence-electron chi connectivity index (χ1n) is 6.78. The highest BCUT2D eigenvalue weighted by Crippen LogP contribution is 2.44. The van der Waals surface area contributed by atoms with Gasteiger partial charge in [-0.1, -0.05) is 19.9 Å². The molecule has 1 heterocycles. The van der Waals surface area contributed by atoms with Crippen LogP contribution in [0.3, 0.4) is 0 Å². The minimum atomic E-state index is -1.25. The lowest BCUT2D eigenvalue weighted by molar-refractivity contribution is -0.183. The zero-order valence-corrected chi connectivity index (χ0v) is 11.4. The number of rotatable bonds is 3. The van der Waals surface area contributed by atoms with Crippen molar-refractivity contribution in [2.75, 3.05) is 13.2 Å². The molecule has 0 radical (unpaired) electrons. The monoisotopic (exact) mass is 270 g/mol. The van der Waals surface area contributed by atoms with E-state index in [1.807, 2.05) is 0 Å². The molecule has 0 amide bonds. The van der Waals surface area contributed by atoms with Gasteiger partial charge >= 0.3 is 5.97 Å². The van der Waals surface area contributed by atoms with E-state index in [1.54, 1.807) is 6.08 Å². The predicted octanol–water partition coefficient (Wildman–Crippen LogP) is 0.802. The summed E-state index contributed by atoms with van der Waals surface area (Å²) in [5.74, 6) is -0.472. The van der Waals surface area contributed by atoms with Crippen LogP contribution in [0, 0.1) is 17.8 Å². The Morgan fingerprint density at radius 2 is 2.26 bits per heavy atom. The second kappa shape index (κ2) is 5.23. The van der Waals surface area contributed by atoms with E-state index in [0.29, 0.717) is 12.3 Å². The van der Waals surface area contributed by atoms with Crippen LogP contribution in [0.5, 0.6) is 0 Å². The van der Waals surface area contributed by atoms with E-state index in [0.717, 1.165) is 6.42 Å². The van der Waals surface area contributed by atoms with E-state index >= 15 is 0 Å². The molecule has 0 aromatic carbocycles. The molecule has 108 valence electrons. The van der Waals surface area contributed by atoms with Gasteiger partial charge in [0.2, 0.25) is 0 Å². The van der Waals surface area contributed by atoms with Gasteiger partial charge in [-0.15, -0.1) is 0 Å². The van der Waals surface area contributed by atoms with Gasteiger partial charge in [-0.25, -0.2) is 4.79 Å². The third-order valence-electron chi connectivity index (χ3n) is 4.50. The van der Waals surface area contributed by atoms with Gasteiger partial charge in [-0.2, -0.15) is 0 Å². The van der Waals surface area contributed by atoms with Crippen LogP contribution in [-0.2, 0) is 9.53 Å². The van der Waals surface area contributed by atoms with Gasteiger partial charge in [0.25, 0.3) is 0 Å². The van der Waals surface area contributed by atoms with Crippen LogP contribution in [0.4, 0.5) is 0 Å². The zero-order chi connectivity index (χ0) is 14.2. The Morgan fingerprint density at radius 1 is 1.58 bits per heavy atom. The van der Waals surface area contributed by atoms with Crippen LogP contribution in [0.2, 0.25) is 0 Å². The zero-order valence-electron chi connectivity index (χ0n) is 11.4. The third kappa shape index (κ3) is 2.55. The highest BCUT2D eigenvalue weighted by Gasteiger charge is 2.50. The number of carboxylic acid groups (broad SMARTS) is 1. The average molecular weight is 270 g/mol. The molecule has 0 aromatic heterocycles. The average Bonchev–Trinajstić information content (AvgIpc) is 2.38. The highest BCUT2D eigenvalue weighted by molar-refractivity contribution is 5.87. The van der Waals surface area contributed by atoms with Crippen LogP contribution in [0.1, 0.15) is 26.7 Å². The summed E-state index contributed by atoms with van der Waals surface area (Å²) in [4.78, 5) is 11.1. The standard InChI is InChI=1S/C14H22O5/c1-8(2)10-3-4-14(18,7-15)12-11(10)5-9(6-19-12)13(16)17/h5,8,10-12,15,18H,3-4,6-7H2,1-2H3,(H,16,17). The molecule has 2 rings (SSSR count). The molecule has 1 aliphatic heterocycles. The van der Waals surface area contributed by atoms with Gasteiger partial charge in [0.05, 0.1) is 24.9 Å². The molecular formula is C14H22O5. The Kier molecular flexibility index (Phi) is 3.99. The summed E-state index contributed by atoms with van der Waals surface area (Å²) < 4.78 is 5.58. The number of hydrogen-bond acceptors (Lipinski definition) is 4. The maximum absolute atomic E-state index is 11.1. The predicted molar refractivity (Wildman–Crippen MR) is 68.5 cm³/mol. The molecule has 2 aliphatic rings. The van der Waals surface area contributed by atoms with E-state index in [-0.39, 0.29) is 30.6 Å². The summed E-state index contributed by atoms with van der Waals surface area (Å²) in [7, 11) is 0. The van der Waals surface area contributed by atoms with Crippen molar-refractivity contribution in [3.05, 3.63) is 11.6 Å². The number of aliphatic carboxylic acids is 1. The number of hydrogen-bond donors (Lipinski definition) is 3. The summed E-state index contributed by atoms with van der Waals surface area (Å²) in [6.07, 6.45) is 2.47. The Morgan fingerprint density at radius 3 is 2.79 bits per heavy atom. The van der Waals surface area contributed by atoms with Crippen molar-refractivity contribution in [3.8, 4) is 0 Å². The molecule has 5 heteroatoms. The van der Waals surface area contributed by atoms with Crippen LogP contribution >= 0.6 is 0 Å². The van der Waals surface area contributed by atoms with Gasteiger partial charge in [-0.3, -0.25) is 0 Å². The van der Waals surface area contributed by atoms with E-state index in [9.17, 15) is 15.0 Å². The molecule has 5 nitrogen and oxygen atoms in total. The lowest BCUT2D eigenvalue weighted by Gasteiger charge is -2.49. The van der Waals surface area contributed by atoms with Crippen LogP contribution in [0.25, 0.3) is 0 Å². The van der Waals surface area contributed by atoms with Crippen molar-refractivity contribution < 1.29 is 24.9 Å². The Labute approximate surface area is 112 Å². The number of carbonyl (C=O) groups is 1. The quantitative estimate of drug-likeness (QED) is 0.706.